The summed E-state index contributed by atoms with van der Waals surface area (Å²) in [6.45, 7) is 9.24. The highest BCUT2D eigenvalue weighted by atomic mass is 32.1. The van der Waals surface area contributed by atoms with Crippen LogP contribution in [0.3, 0.4) is 0 Å². The highest BCUT2D eigenvalue weighted by molar-refractivity contribution is 7.80. The quantitative estimate of drug-likeness (QED) is 0.766. The van der Waals surface area contributed by atoms with Crippen LogP contribution in [0.15, 0.2) is 0 Å². The first kappa shape index (κ1) is 13.7. The summed E-state index contributed by atoms with van der Waals surface area (Å²) in [6.07, 6.45) is 3.79. The Morgan fingerprint density at radius 3 is 2.94 bits per heavy atom. The molecule has 0 aromatic heterocycles. The fraction of sp³-hybridized carbons (Fsp3) is 0.917. The summed E-state index contributed by atoms with van der Waals surface area (Å²) < 4.78 is 5.79. The van der Waals surface area contributed by atoms with Crippen LogP contribution in [-0.2, 0) is 4.74 Å². The van der Waals surface area contributed by atoms with Gasteiger partial charge in [-0.05, 0) is 45.3 Å². The van der Waals surface area contributed by atoms with E-state index < -0.39 is 0 Å². The molecule has 0 bridgehead atoms. The van der Waals surface area contributed by atoms with Crippen LogP contribution in [0.4, 0.5) is 0 Å². The maximum absolute atomic E-state index is 5.79. The minimum Gasteiger partial charge on any atom is -0.376 e. The van der Waals surface area contributed by atoms with E-state index in [1.54, 1.807) is 0 Å². The van der Waals surface area contributed by atoms with E-state index in [9.17, 15) is 0 Å². The molecule has 0 aromatic rings. The van der Waals surface area contributed by atoms with Crippen molar-refractivity contribution in [2.75, 3.05) is 19.7 Å². The first-order valence-corrected chi connectivity index (χ1v) is 6.71. The van der Waals surface area contributed by atoms with Gasteiger partial charge in [-0.15, -0.1) is 0 Å². The van der Waals surface area contributed by atoms with Gasteiger partial charge in [0, 0.05) is 25.7 Å². The third kappa shape index (κ3) is 4.66. The summed E-state index contributed by atoms with van der Waals surface area (Å²) in [7, 11) is 0. The summed E-state index contributed by atoms with van der Waals surface area (Å²) in [6, 6.07) is 0.407. The van der Waals surface area contributed by atoms with E-state index in [1.807, 2.05) is 0 Å². The van der Waals surface area contributed by atoms with E-state index in [0.29, 0.717) is 12.1 Å². The molecule has 0 amide bonds. The maximum Gasteiger partial charge on any atom is 0.169 e. The van der Waals surface area contributed by atoms with E-state index in [0.717, 1.165) is 31.2 Å². The molecule has 1 aliphatic heterocycles. The molecule has 1 rings (SSSR count). The molecule has 0 aromatic carbocycles. The van der Waals surface area contributed by atoms with Crippen molar-refractivity contribution in [3.63, 3.8) is 0 Å². The van der Waals surface area contributed by atoms with Gasteiger partial charge in [-0.2, -0.15) is 0 Å². The molecule has 16 heavy (non-hydrogen) atoms. The first-order valence-electron chi connectivity index (χ1n) is 6.30. The molecule has 3 nitrogen and oxygen atoms in total. The van der Waals surface area contributed by atoms with Gasteiger partial charge in [0.25, 0.3) is 0 Å². The van der Waals surface area contributed by atoms with Crippen LogP contribution in [0.25, 0.3) is 0 Å². The Labute approximate surface area is 105 Å². The number of rotatable bonds is 4. The standard InChI is InChI=1S/C12H24N2OS/c1-4-8-15-11-6-5-7-14(9-11)12(16)13-10(2)3/h10-11H,4-9H2,1-3H3,(H,13,16). The lowest BCUT2D eigenvalue weighted by Crippen LogP contribution is -2.49. The summed E-state index contributed by atoms with van der Waals surface area (Å²) in [5.41, 5.74) is 0. The van der Waals surface area contributed by atoms with Gasteiger partial charge in [0.1, 0.15) is 0 Å². The Morgan fingerprint density at radius 1 is 1.56 bits per heavy atom. The largest absolute Gasteiger partial charge is 0.376 e. The van der Waals surface area contributed by atoms with E-state index >= 15 is 0 Å². The minimum absolute atomic E-state index is 0.362. The Morgan fingerprint density at radius 2 is 2.31 bits per heavy atom. The second-order valence-corrected chi connectivity index (χ2v) is 5.07. The van der Waals surface area contributed by atoms with Gasteiger partial charge in [0.15, 0.2) is 5.11 Å². The van der Waals surface area contributed by atoms with E-state index in [2.05, 4.69) is 31.0 Å². The molecular formula is C12H24N2OS. The van der Waals surface area contributed by atoms with E-state index in [4.69, 9.17) is 17.0 Å². The van der Waals surface area contributed by atoms with Crippen molar-refractivity contribution in [3.05, 3.63) is 0 Å². The fourth-order valence-electron chi connectivity index (χ4n) is 1.88. The monoisotopic (exact) mass is 244 g/mol. The van der Waals surface area contributed by atoms with Gasteiger partial charge in [-0.3, -0.25) is 0 Å². The zero-order valence-corrected chi connectivity index (χ0v) is 11.5. The van der Waals surface area contributed by atoms with Crippen LogP contribution in [0.5, 0.6) is 0 Å². The van der Waals surface area contributed by atoms with Gasteiger partial charge in [-0.1, -0.05) is 6.92 Å². The molecule has 0 radical (unpaired) electrons. The van der Waals surface area contributed by atoms with Crippen LogP contribution in [-0.4, -0.2) is 41.9 Å². The topological polar surface area (TPSA) is 24.5 Å². The first-order chi connectivity index (χ1) is 7.63. The van der Waals surface area contributed by atoms with E-state index in [1.165, 1.54) is 12.8 Å². The Kier molecular flexibility index (Phi) is 6.06. The lowest BCUT2D eigenvalue weighted by Gasteiger charge is -2.35. The van der Waals surface area contributed by atoms with Gasteiger partial charge in [0.05, 0.1) is 6.10 Å². The van der Waals surface area contributed by atoms with Crippen LogP contribution < -0.4 is 5.32 Å². The molecule has 1 saturated heterocycles. The fourth-order valence-corrected chi connectivity index (χ4v) is 2.28. The Hall–Kier alpha value is -0.350. The van der Waals surface area contributed by atoms with Crippen molar-refractivity contribution >= 4 is 17.3 Å². The zero-order chi connectivity index (χ0) is 12.0. The Balaban J connectivity index is 2.34. The molecule has 4 heteroatoms. The van der Waals surface area contributed by atoms with Crippen molar-refractivity contribution in [1.82, 2.24) is 10.2 Å². The number of likely N-dealkylation sites (tertiary alicyclic amines) is 1. The average molecular weight is 244 g/mol. The predicted octanol–water partition coefficient (Wildman–Crippen LogP) is 2.16. The number of piperidine rings is 1. The maximum atomic E-state index is 5.79. The molecule has 1 fully saturated rings. The third-order valence-electron chi connectivity index (χ3n) is 2.64. The van der Waals surface area contributed by atoms with Crippen LogP contribution in [0.1, 0.15) is 40.0 Å². The van der Waals surface area contributed by atoms with Crippen molar-refractivity contribution in [3.8, 4) is 0 Å². The highest BCUT2D eigenvalue weighted by Crippen LogP contribution is 2.13. The molecule has 1 heterocycles. The molecule has 1 atom stereocenters. The van der Waals surface area contributed by atoms with Gasteiger partial charge in [-0.25, -0.2) is 0 Å². The second-order valence-electron chi connectivity index (χ2n) is 4.69. The molecule has 94 valence electrons. The number of hydrogen-bond acceptors (Lipinski definition) is 2. The van der Waals surface area contributed by atoms with Crippen molar-refractivity contribution in [2.24, 2.45) is 0 Å². The van der Waals surface area contributed by atoms with Crippen LogP contribution in [0.2, 0.25) is 0 Å². The normalized spacial score (nSPS) is 21.2. The Bertz CT molecular complexity index is 221. The SMILES string of the molecule is CCCOC1CCCN(C(=S)NC(C)C)C1. The molecule has 0 aliphatic carbocycles. The molecule has 0 saturated carbocycles. The lowest BCUT2D eigenvalue weighted by atomic mass is 10.1. The molecule has 1 unspecified atom stereocenters. The summed E-state index contributed by atoms with van der Waals surface area (Å²) in [4.78, 5) is 2.24. The summed E-state index contributed by atoms with van der Waals surface area (Å²) in [5, 5.41) is 4.17. The summed E-state index contributed by atoms with van der Waals surface area (Å²) in [5.74, 6) is 0. The predicted molar refractivity (Wildman–Crippen MR) is 71.7 cm³/mol. The number of hydrogen-bond donors (Lipinski definition) is 1. The number of thiocarbonyl (C=S) groups is 1. The molecule has 1 aliphatic rings. The molecular weight excluding hydrogens is 220 g/mol. The number of nitrogens with one attached hydrogen (secondary N) is 1. The van der Waals surface area contributed by atoms with Crippen molar-refractivity contribution in [2.45, 2.75) is 52.2 Å². The molecule has 0 spiro atoms. The van der Waals surface area contributed by atoms with Gasteiger partial charge in [0.2, 0.25) is 0 Å². The van der Waals surface area contributed by atoms with E-state index in [-0.39, 0.29) is 0 Å². The minimum atomic E-state index is 0.362. The van der Waals surface area contributed by atoms with Crippen molar-refractivity contribution in [1.29, 1.82) is 0 Å². The summed E-state index contributed by atoms with van der Waals surface area (Å²) >= 11 is 5.37. The number of nitrogens with zero attached hydrogens (tertiary/aromatic N) is 1. The third-order valence-corrected chi connectivity index (χ3v) is 3.01. The second kappa shape index (κ2) is 7.07. The zero-order valence-electron chi connectivity index (χ0n) is 10.7. The van der Waals surface area contributed by atoms with Gasteiger partial charge >= 0.3 is 0 Å². The average Bonchev–Trinajstić information content (AvgIpc) is 2.26. The van der Waals surface area contributed by atoms with Crippen LogP contribution >= 0.6 is 12.2 Å². The smallest absolute Gasteiger partial charge is 0.169 e. The lowest BCUT2D eigenvalue weighted by molar-refractivity contribution is 0.0163. The van der Waals surface area contributed by atoms with Gasteiger partial charge < -0.3 is 15.0 Å². The van der Waals surface area contributed by atoms with Crippen molar-refractivity contribution < 1.29 is 4.74 Å². The van der Waals surface area contributed by atoms with Crippen LogP contribution in [0, 0.1) is 0 Å². The molecule has 1 N–H and O–H groups in total. The number of ether oxygens (including phenoxy) is 1. The highest BCUT2D eigenvalue weighted by Gasteiger charge is 2.21.